The fraction of sp³-hybridized carbons (Fsp3) is 0.833. The third-order valence-electron chi connectivity index (χ3n) is 3.12. The van der Waals surface area contributed by atoms with Crippen molar-refractivity contribution in [1.29, 1.82) is 0 Å². The van der Waals surface area contributed by atoms with Crippen LogP contribution in [0.25, 0.3) is 0 Å². The van der Waals surface area contributed by atoms with Crippen molar-refractivity contribution in [3.63, 3.8) is 0 Å². The van der Waals surface area contributed by atoms with E-state index in [1.807, 2.05) is 0 Å². The van der Waals surface area contributed by atoms with Crippen molar-refractivity contribution in [2.75, 3.05) is 0 Å². The van der Waals surface area contributed by atoms with E-state index in [0.29, 0.717) is 11.3 Å². The van der Waals surface area contributed by atoms with Gasteiger partial charge >= 0.3 is 0 Å². The first-order valence-corrected chi connectivity index (χ1v) is 5.15. The van der Waals surface area contributed by atoms with E-state index in [0.717, 1.165) is 12.8 Å². The maximum Gasteiger partial charge on any atom is 0.117 e. The van der Waals surface area contributed by atoms with Crippen LogP contribution in [-0.4, -0.2) is 11.2 Å². The molecule has 0 aromatic carbocycles. The van der Waals surface area contributed by atoms with Crippen LogP contribution < -0.4 is 0 Å². The van der Waals surface area contributed by atoms with Gasteiger partial charge in [0.25, 0.3) is 0 Å². The third kappa shape index (κ3) is 3.04. The molecule has 13 heavy (non-hydrogen) atoms. The predicted molar refractivity (Wildman–Crippen MR) is 55.2 cm³/mol. The van der Waals surface area contributed by atoms with Crippen LogP contribution in [0.5, 0.6) is 0 Å². The van der Waals surface area contributed by atoms with Gasteiger partial charge in [-0.2, -0.15) is 0 Å². The highest BCUT2D eigenvalue weighted by Gasteiger charge is 2.29. The standard InChI is InChI=1S/C12H20O/c1-4-5-11(13)10-6-8-12(2,3)9-7-10/h10-11,13H,6-9H2,1-3H3. The van der Waals surface area contributed by atoms with Crippen molar-refractivity contribution >= 4 is 0 Å². The molecule has 1 nitrogen and oxygen atoms in total. The molecule has 1 aliphatic carbocycles. The number of rotatable bonds is 1. The summed E-state index contributed by atoms with van der Waals surface area (Å²) < 4.78 is 0. The Bertz CT molecular complexity index is 209. The van der Waals surface area contributed by atoms with Crippen molar-refractivity contribution in [3.05, 3.63) is 0 Å². The molecule has 0 amide bonds. The quantitative estimate of drug-likeness (QED) is 0.615. The van der Waals surface area contributed by atoms with E-state index in [2.05, 4.69) is 25.7 Å². The van der Waals surface area contributed by atoms with E-state index in [4.69, 9.17) is 0 Å². The molecular weight excluding hydrogens is 160 g/mol. The smallest absolute Gasteiger partial charge is 0.117 e. The molecule has 0 aliphatic heterocycles. The molecule has 1 N–H and O–H groups in total. The van der Waals surface area contributed by atoms with Crippen LogP contribution in [0, 0.1) is 23.2 Å². The summed E-state index contributed by atoms with van der Waals surface area (Å²) in [5.41, 5.74) is 0.482. The Hall–Kier alpha value is -0.480. The lowest BCUT2D eigenvalue weighted by atomic mass is 9.72. The molecular formula is C12H20O. The fourth-order valence-corrected chi connectivity index (χ4v) is 2.00. The Kier molecular flexibility index (Phi) is 3.39. The second-order valence-electron chi connectivity index (χ2n) is 4.84. The minimum atomic E-state index is -0.388. The van der Waals surface area contributed by atoms with Crippen LogP contribution in [0.4, 0.5) is 0 Å². The zero-order valence-electron chi connectivity index (χ0n) is 8.93. The van der Waals surface area contributed by atoms with Gasteiger partial charge in [-0.15, -0.1) is 5.92 Å². The molecule has 1 saturated carbocycles. The Labute approximate surface area is 81.5 Å². The van der Waals surface area contributed by atoms with E-state index >= 15 is 0 Å². The predicted octanol–water partition coefficient (Wildman–Crippen LogP) is 2.59. The summed E-state index contributed by atoms with van der Waals surface area (Å²) in [7, 11) is 0. The van der Waals surface area contributed by atoms with Gasteiger partial charge in [0.2, 0.25) is 0 Å². The summed E-state index contributed by atoms with van der Waals surface area (Å²) in [6.07, 6.45) is 4.31. The molecule has 0 bridgehead atoms. The van der Waals surface area contributed by atoms with Gasteiger partial charge in [-0.25, -0.2) is 0 Å². The summed E-state index contributed by atoms with van der Waals surface area (Å²) in [5, 5.41) is 9.67. The molecule has 74 valence electrons. The van der Waals surface area contributed by atoms with Crippen LogP contribution in [0.1, 0.15) is 46.5 Å². The molecule has 1 heteroatoms. The summed E-state index contributed by atoms with van der Waals surface area (Å²) in [6, 6.07) is 0. The SMILES string of the molecule is CC#CC(O)C1CCC(C)(C)CC1. The number of aliphatic hydroxyl groups excluding tert-OH is 1. The zero-order chi connectivity index (χ0) is 9.90. The van der Waals surface area contributed by atoms with Crippen LogP contribution in [0.3, 0.4) is 0 Å². The van der Waals surface area contributed by atoms with Crippen LogP contribution in [0.15, 0.2) is 0 Å². The van der Waals surface area contributed by atoms with Crippen molar-refractivity contribution in [1.82, 2.24) is 0 Å². The fourth-order valence-electron chi connectivity index (χ4n) is 2.00. The number of aliphatic hydroxyl groups is 1. The maximum atomic E-state index is 9.67. The van der Waals surface area contributed by atoms with E-state index in [1.165, 1.54) is 12.8 Å². The normalized spacial score (nSPS) is 24.6. The second-order valence-corrected chi connectivity index (χ2v) is 4.84. The second kappa shape index (κ2) is 4.15. The lowest BCUT2D eigenvalue weighted by Crippen LogP contribution is -2.28. The van der Waals surface area contributed by atoms with Gasteiger partial charge in [-0.1, -0.05) is 19.8 Å². The first-order chi connectivity index (χ1) is 6.05. The van der Waals surface area contributed by atoms with Crippen LogP contribution in [0.2, 0.25) is 0 Å². The Morgan fingerprint density at radius 2 is 1.85 bits per heavy atom. The van der Waals surface area contributed by atoms with Gasteiger partial charge in [0.1, 0.15) is 6.10 Å². The van der Waals surface area contributed by atoms with Gasteiger partial charge in [0, 0.05) is 0 Å². The molecule has 0 radical (unpaired) electrons. The Morgan fingerprint density at radius 3 is 2.31 bits per heavy atom. The highest BCUT2D eigenvalue weighted by molar-refractivity contribution is 5.04. The molecule has 0 saturated heterocycles. The van der Waals surface area contributed by atoms with Gasteiger partial charge < -0.3 is 5.11 Å². The Balaban J connectivity index is 2.44. The van der Waals surface area contributed by atoms with E-state index in [9.17, 15) is 5.11 Å². The summed E-state index contributed by atoms with van der Waals surface area (Å²) in [4.78, 5) is 0. The molecule has 1 atom stereocenters. The molecule has 0 heterocycles. The number of hydrogen-bond donors (Lipinski definition) is 1. The highest BCUT2D eigenvalue weighted by atomic mass is 16.3. The van der Waals surface area contributed by atoms with Crippen molar-refractivity contribution < 1.29 is 5.11 Å². The molecule has 0 spiro atoms. The van der Waals surface area contributed by atoms with E-state index in [-0.39, 0.29) is 6.10 Å². The first-order valence-electron chi connectivity index (χ1n) is 5.15. The van der Waals surface area contributed by atoms with Gasteiger partial charge in [-0.05, 0) is 43.9 Å². The topological polar surface area (TPSA) is 20.2 Å². The third-order valence-corrected chi connectivity index (χ3v) is 3.12. The minimum absolute atomic E-state index is 0.388. The van der Waals surface area contributed by atoms with Gasteiger partial charge in [0.05, 0.1) is 0 Å². The highest BCUT2D eigenvalue weighted by Crippen LogP contribution is 2.38. The van der Waals surface area contributed by atoms with Crippen LogP contribution in [-0.2, 0) is 0 Å². The largest absolute Gasteiger partial charge is 0.380 e. The maximum absolute atomic E-state index is 9.67. The van der Waals surface area contributed by atoms with Crippen LogP contribution >= 0.6 is 0 Å². The van der Waals surface area contributed by atoms with E-state index < -0.39 is 0 Å². The minimum Gasteiger partial charge on any atom is -0.380 e. The van der Waals surface area contributed by atoms with Gasteiger partial charge in [-0.3, -0.25) is 0 Å². The van der Waals surface area contributed by atoms with Gasteiger partial charge in [0.15, 0.2) is 0 Å². The molecule has 1 unspecified atom stereocenters. The van der Waals surface area contributed by atoms with Crippen molar-refractivity contribution in [3.8, 4) is 11.8 Å². The molecule has 0 aromatic heterocycles. The summed E-state index contributed by atoms with van der Waals surface area (Å²) in [6.45, 7) is 6.40. The molecule has 0 aromatic rings. The van der Waals surface area contributed by atoms with E-state index in [1.54, 1.807) is 6.92 Å². The monoisotopic (exact) mass is 180 g/mol. The average Bonchev–Trinajstić information content (AvgIpc) is 2.04. The summed E-state index contributed by atoms with van der Waals surface area (Å²) in [5.74, 6) is 6.05. The lowest BCUT2D eigenvalue weighted by Gasteiger charge is -2.35. The van der Waals surface area contributed by atoms with Crippen molar-refractivity contribution in [2.24, 2.45) is 11.3 Å². The first kappa shape index (κ1) is 10.6. The molecule has 1 aliphatic rings. The lowest BCUT2D eigenvalue weighted by molar-refractivity contribution is 0.0936. The number of hydrogen-bond acceptors (Lipinski definition) is 1. The Morgan fingerprint density at radius 1 is 1.31 bits per heavy atom. The summed E-state index contributed by atoms with van der Waals surface area (Å²) >= 11 is 0. The molecule has 1 fully saturated rings. The molecule has 1 rings (SSSR count). The average molecular weight is 180 g/mol. The van der Waals surface area contributed by atoms with Crippen molar-refractivity contribution in [2.45, 2.75) is 52.6 Å². The zero-order valence-corrected chi connectivity index (χ0v) is 8.93.